The Morgan fingerprint density at radius 2 is 1.73 bits per heavy atom. The molecule has 1 amide bonds. The normalized spacial score (nSPS) is 18.6. The standard InChI is InChI=1S/C18H34N2O5S/c1-8-9-13(20-26(23)18(5,6)7)14(15(21)19-12-10-11-12)24-16(22)25-17(2,3)4/h12-14,20H,8-11H2,1-7H3,(H,19,21)/t13-,14+,26+/m1/s1. The number of hydrogen-bond acceptors (Lipinski definition) is 5. The third-order valence-electron chi connectivity index (χ3n) is 3.57. The molecule has 0 radical (unpaired) electrons. The Balaban J connectivity index is 2.94. The lowest BCUT2D eigenvalue weighted by Crippen LogP contribution is -2.54. The van der Waals surface area contributed by atoms with Gasteiger partial charge in [-0.05, 0) is 60.8 Å². The van der Waals surface area contributed by atoms with Crippen molar-refractivity contribution in [3.8, 4) is 0 Å². The fourth-order valence-corrected chi connectivity index (χ4v) is 2.97. The van der Waals surface area contributed by atoms with Crippen LogP contribution in [0.3, 0.4) is 0 Å². The molecule has 1 fully saturated rings. The molecule has 1 aliphatic carbocycles. The predicted molar refractivity (Wildman–Crippen MR) is 102 cm³/mol. The smallest absolute Gasteiger partial charge is 0.429 e. The van der Waals surface area contributed by atoms with E-state index in [0.717, 1.165) is 19.3 Å². The van der Waals surface area contributed by atoms with E-state index in [1.165, 1.54) is 0 Å². The van der Waals surface area contributed by atoms with Crippen LogP contribution in [-0.4, -0.2) is 44.8 Å². The van der Waals surface area contributed by atoms with Crippen LogP contribution in [0.2, 0.25) is 0 Å². The number of hydrogen-bond donors (Lipinski definition) is 2. The maximum Gasteiger partial charge on any atom is 0.509 e. The van der Waals surface area contributed by atoms with Crippen molar-refractivity contribution in [2.45, 2.75) is 103 Å². The van der Waals surface area contributed by atoms with Crippen molar-refractivity contribution in [1.29, 1.82) is 0 Å². The van der Waals surface area contributed by atoms with E-state index in [1.54, 1.807) is 20.8 Å². The molecule has 3 atom stereocenters. The van der Waals surface area contributed by atoms with Crippen molar-refractivity contribution in [2.75, 3.05) is 0 Å². The predicted octanol–water partition coefficient (Wildman–Crippen LogP) is 2.81. The van der Waals surface area contributed by atoms with Crippen LogP contribution in [0, 0.1) is 0 Å². The van der Waals surface area contributed by atoms with Crippen molar-refractivity contribution in [2.24, 2.45) is 0 Å². The van der Waals surface area contributed by atoms with Crippen LogP contribution in [0.4, 0.5) is 4.79 Å². The van der Waals surface area contributed by atoms with E-state index >= 15 is 0 Å². The van der Waals surface area contributed by atoms with Gasteiger partial charge < -0.3 is 14.8 Å². The molecule has 0 aliphatic heterocycles. The van der Waals surface area contributed by atoms with Crippen molar-refractivity contribution in [3.63, 3.8) is 0 Å². The van der Waals surface area contributed by atoms with Gasteiger partial charge in [0.05, 0.1) is 21.8 Å². The summed E-state index contributed by atoms with van der Waals surface area (Å²) in [6, 6.07) is -0.436. The second-order valence-electron chi connectivity index (χ2n) is 8.68. The highest BCUT2D eigenvalue weighted by atomic mass is 32.2. The molecule has 1 saturated carbocycles. The Bertz CT molecular complexity index is 521. The molecule has 26 heavy (non-hydrogen) atoms. The first kappa shape index (κ1) is 22.9. The van der Waals surface area contributed by atoms with Gasteiger partial charge in [0.2, 0.25) is 0 Å². The second kappa shape index (κ2) is 9.17. The summed E-state index contributed by atoms with van der Waals surface area (Å²) >= 11 is 0. The van der Waals surface area contributed by atoms with Gasteiger partial charge in [0.25, 0.3) is 5.91 Å². The maximum absolute atomic E-state index is 12.7. The molecule has 0 bridgehead atoms. The lowest BCUT2D eigenvalue weighted by Gasteiger charge is -2.30. The molecule has 0 aromatic heterocycles. The molecule has 0 aromatic rings. The van der Waals surface area contributed by atoms with Crippen LogP contribution in [0.1, 0.15) is 74.1 Å². The van der Waals surface area contributed by atoms with Crippen molar-refractivity contribution in [3.05, 3.63) is 0 Å². The van der Waals surface area contributed by atoms with Crippen LogP contribution in [0.15, 0.2) is 0 Å². The molecule has 8 heteroatoms. The van der Waals surface area contributed by atoms with Crippen LogP contribution < -0.4 is 10.0 Å². The van der Waals surface area contributed by atoms with E-state index < -0.39 is 39.6 Å². The van der Waals surface area contributed by atoms with E-state index in [1.807, 2.05) is 27.7 Å². The molecular weight excluding hydrogens is 356 g/mol. The zero-order valence-corrected chi connectivity index (χ0v) is 17.8. The van der Waals surface area contributed by atoms with Gasteiger partial charge in [-0.2, -0.15) is 0 Å². The lowest BCUT2D eigenvalue weighted by molar-refractivity contribution is -0.134. The largest absolute Gasteiger partial charge is 0.509 e. The molecule has 1 aliphatic rings. The second-order valence-corrected chi connectivity index (χ2v) is 10.7. The average molecular weight is 391 g/mol. The number of rotatable bonds is 8. The monoisotopic (exact) mass is 390 g/mol. The summed E-state index contributed by atoms with van der Waals surface area (Å²) in [4.78, 5) is 24.8. The lowest BCUT2D eigenvalue weighted by atomic mass is 10.1. The summed E-state index contributed by atoms with van der Waals surface area (Å²) in [5.74, 6) is -0.379. The van der Waals surface area contributed by atoms with Gasteiger partial charge in [-0.1, -0.05) is 13.3 Å². The molecule has 0 spiro atoms. The summed E-state index contributed by atoms with van der Waals surface area (Å²) < 4.78 is 25.6. The van der Waals surface area contributed by atoms with Gasteiger partial charge in [-0.3, -0.25) is 4.79 Å². The number of carbonyl (C=O) groups excluding carboxylic acids is 2. The van der Waals surface area contributed by atoms with Crippen LogP contribution in [-0.2, 0) is 25.3 Å². The first-order valence-corrected chi connectivity index (χ1v) is 10.4. The highest BCUT2D eigenvalue weighted by Gasteiger charge is 2.38. The fraction of sp³-hybridized carbons (Fsp3) is 0.889. The first-order valence-electron chi connectivity index (χ1n) is 9.21. The molecule has 2 N–H and O–H groups in total. The maximum atomic E-state index is 12.7. The minimum absolute atomic E-state index is 0.127. The van der Waals surface area contributed by atoms with E-state index in [9.17, 15) is 13.8 Å². The first-order chi connectivity index (χ1) is 11.8. The van der Waals surface area contributed by atoms with Crippen molar-refractivity contribution >= 4 is 23.0 Å². The Morgan fingerprint density at radius 1 is 1.15 bits per heavy atom. The topological polar surface area (TPSA) is 93.7 Å². The molecule has 0 heterocycles. The Hall–Kier alpha value is -1.15. The van der Waals surface area contributed by atoms with Gasteiger partial charge in [0.15, 0.2) is 6.10 Å². The van der Waals surface area contributed by atoms with E-state index in [2.05, 4.69) is 10.0 Å². The molecule has 152 valence electrons. The van der Waals surface area contributed by atoms with Gasteiger partial charge in [-0.25, -0.2) is 13.7 Å². The molecule has 0 aromatic carbocycles. The summed E-state index contributed by atoms with van der Waals surface area (Å²) in [6.45, 7) is 12.7. The average Bonchev–Trinajstić information content (AvgIpc) is 3.25. The third kappa shape index (κ3) is 8.49. The van der Waals surface area contributed by atoms with Gasteiger partial charge in [0.1, 0.15) is 5.60 Å². The van der Waals surface area contributed by atoms with Crippen molar-refractivity contribution < 1.29 is 23.3 Å². The highest BCUT2D eigenvalue weighted by molar-refractivity contribution is 7.84. The zero-order valence-electron chi connectivity index (χ0n) is 17.0. The minimum Gasteiger partial charge on any atom is -0.429 e. The minimum atomic E-state index is -1.40. The molecular formula is C18H34N2O5S. The Labute approximate surface area is 159 Å². The van der Waals surface area contributed by atoms with Gasteiger partial charge in [0, 0.05) is 6.04 Å². The summed E-state index contributed by atoms with van der Waals surface area (Å²) in [7, 11) is -1.40. The number of carbonyl (C=O) groups is 2. The number of nitrogens with one attached hydrogen (secondary N) is 2. The SMILES string of the molecule is CCC[C@@H](N[S@@](=O)C(C)(C)C)[C@H](OC(=O)OC(C)(C)C)C(=O)NC1CC1. The molecule has 1 rings (SSSR count). The third-order valence-corrected chi connectivity index (χ3v) is 5.20. The summed E-state index contributed by atoms with van der Waals surface area (Å²) in [5, 5.41) is 2.86. The van der Waals surface area contributed by atoms with Crippen molar-refractivity contribution in [1.82, 2.24) is 10.0 Å². The number of ether oxygens (including phenoxy) is 2. The molecule has 0 unspecified atom stereocenters. The summed E-state index contributed by atoms with van der Waals surface area (Å²) in [5.41, 5.74) is -0.726. The van der Waals surface area contributed by atoms with E-state index in [0.29, 0.717) is 6.42 Å². The quantitative estimate of drug-likeness (QED) is 0.622. The van der Waals surface area contributed by atoms with Gasteiger partial charge >= 0.3 is 6.16 Å². The van der Waals surface area contributed by atoms with Gasteiger partial charge in [-0.15, -0.1) is 0 Å². The molecule has 7 nitrogen and oxygen atoms in total. The highest BCUT2D eigenvalue weighted by Crippen LogP contribution is 2.21. The Morgan fingerprint density at radius 3 is 2.15 bits per heavy atom. The molecule has 0 saturated heterocycles. The fourth-order valence-electron chi connectivity index (χ4n) is 2.10. The van der Waals surface area contributed by atoms with E-state index in [4.69, 9.17) is 9.47 Å². The Kier molecular flexibility index (Phi) is 8.07. The van der Waals surface area contributed by atoms with Crippen LogP contribution in [0.5, 0.6) is 0 Å². The zero-order chi connectivity index (χ0) is 20.1. The van der Waals surface area contributed by atoms with Crippen LogP contribution in [0.25, 0.3) is 0 Å². The van der Waals surface area contributed by atoms with Crippen LogP contribution >= 0.6 is 0 Å². The summed E-state index contributed by atoms with van der Waals surface area (Å²) in [6.07, 6.45) is 1.11. The van der Waals surface area contributed by atoms with E-state index in [-0.39, 0.29) is 11.9 Å². The number of amides is 1.